The quantitative estimate of drug-likeness (QED) is 0.0130. The second-order valence-corrected chi connectivity index (χ2v) is 30.6. The zero-order valence-electron chi connectivity index (χ0n) is 62.8. The first-order valence-corrected chi connectivity index (χ1v) is 40.4. The number of hydrogen-bond donors (Lipinski definition) is 7. The largest absolute Gasteiger partial charge is 0.519 e. The maximum absolute atomic E-state index is 12.5. The topological polar surface area (TPSA) is 436 Å². The molecule has 5 unspecified atom stereocenters. The van der Waals surface area contributed by atoms with Crippen LogP contribution in [0.3, 0.4) is 0 Å². The van der Waals surface area contributed by atoms with E-state index in [1.165, 1.54) is 11.3 Å². The summed E-state index contributed by atoms with van der Waals surface area (Å²) >= 11 is 35.5. The highest BCUT2D eigenvalue weighted by atomic mass is 35.5. The third-order valence-corrected chi connectivity index (χ3v) is 20.4. The van der Waals surface area contributed by atoms with Gasteiger partial charge in [-0.05, 0) is 120 Å². The van der Waals surface area contributed by atoms with E-state index in [-0.39, 0.29) is 82.3 Å². The molecule has 0 saturated heterocycles. The van der Waals surface area contributed by atoms with Gasteiger partial charge in [-0.2, -0.15) is 8.42 Å². The third kappa shape index (κ3) is 24.6. The van der Waals surface area contributed by atoms with Gasteiger partial charge in [0.2, 0.25) is 87.1 Å². The van der Waals surface area contributed by atoms with E-state index in [0.717, 1.165) is 16.8 Å². The van der Waals surface area contributed by atoms with Crippen LogP contribution in [0.1, 0.15) is 74.3 Å². The number of alkyl carbamates (subject to hydrolysis) is 1. The first-order valence-electron chi connectivity index (χ1n) is 35.6. The van der Waals surface area contributed by atoms with Gasteiger partial charge in [-0.3, -0.25) is 24.0 Å². The van der Waals surface area contributed by atoms with Crippen molar-refractivity contribution in [2.75, 3.05) is 5.32 Å². The zero-order valence-corrected chi connectivity index (χ0v) is 69.0. The number of carbonyl (C=O) groups excluding carboxylic acids is 8. The molecule has 0 radical (unpaired) electrons. The number of nitrogens with two attached hydrogens (primary N) is 5. The van der Waals surface area contributed by atoms with Crippen LogP contribution in [0.4, 0.5) is 20.1 Å². The molecular formula is C85H66Cl5N7O22S3. The van der Waals surface area contributed by atoms with Crippen LogP contribution in [0, 0.1) is 0 Å². The van der Waals surface area contributed by atoms with E-state index in [4.69, 9.17) is 155 Å². The van der Waals surface area contributed by atoms with E-state index < -0.39 is 93.7 Å². The minimum Gasteiger partial charge on any atom is -0.460 e. The predicted octanol–water partition coefficient (Wildman–Crippen LogP) is 16.1. The molecule has 1 aromatic heterocycles. The highest BCUT2D eigenvalue weighted by Gasteiger charge is 2.44. The van der Waals surface area contributed by atoms with Crippen molar-refractivity contribution in [2.24, 2.45) is 28.7 Å². The van der Waals surface area contributed by atoms with Crippen molar-refractivity contribution in [2.45, 2.75) is 49.4 Å². The summed E-state index contributed by atoms with van der Waals surface area (Å²) in [4.78, 5) is 98.1. The van der Waals surface area contributed by atoms with Crippen molar-refractivity contribution in [1.82, 2.24) is 5.32 Å². The van der Waals surface area contributed by atoms with Crippen LogP contribution in [-0.2, 0) is 105 Å². The fourth-order valence-electron chi connectivity index (χ4n) is 11.0. The van der Waals surface area contributed by atoms with Crippen LogP contribution in [0.15, 0.2) is 318 Å². The summed E-state index contributed by atoms with van der Waals surface area (Å²) in [7, 11) is -4.02. The van der Waals surface area contributed by atoms with Gasteiger partial charge >= 0.3 is 28.5 Å². The number of ketones is 5. The molecule has 1 amide bonds. The predicted molar refractivity (Wildman–Crippen MR) is 450 cm³/mol. The van der Waals surface area contributed by atoms with Gasteiger partial charge in [-0.25, -0.2) is 14.4 Å². The molecule has 29 nitrogen and oxygen atoms in total. The van der Waals surface area contributed by atoms with Crippen LogP contribution in [0.25, 0.3) is 0 Å². The molecule has 10 aromatic rings. The van der Waals surface area contributed by atoms with E-state index in [9.17, 15) is 46.8 Å². The Kier molecular flexibility index (Phi) is 30.6. The highest BCUT2D eigenvalue weighted by molar-refractivity contribution is 7.86. The molecule has 37 heteroatoms. The Morgan fingerprint density at radius 3 is 1.09 bits per heavy atom. The van der Waals surface area contributed by atoms with Crippen molar-refractivity contribution < 1.29 is 103 Å². The number of thiophene rings is 1. The lowest BCUT2D eigenvalue weighted by Gasteiger charge is -2.10. The summed E-state index contributed by atoms with van der Waals surface area (Å²) in [6.45, 7) is 0.283. The Morgan fingerprint density at radius 2 is 0.713 bits per heavy atom. The number of halogens is 5. The normalized spacial score (nSPS) is 16.9. The van der Waals surface area contributed by atoms with E-state index in [1.807, 2.05) is 78.9 Å². The molecule has 0 spiro atoms. The summed E-state index contributed by atoms with van der Waals surface area (Å²) in [6.07, 6.45) is -7.71. The first kappa shape index (κ1) is 89.2. The molecule has 5 atom stereocenters. The maximum Gasteiger partial charge on any atom is 0.519 e. The number of nitrogens with one attached hydrogen (secondary N) is 2. The Morgan fingerprint density at radius 1 is 0.385 bits per heavy atom. The Bertz CT molecular complexity index is 5510. The number of hydrogen-bond acceptors (Lipinski definition) is 29. The van der Waals surface area contributed by atoms with Crippen LogP contribution in [0.5, 0.6) is 5.75 Å². The van der Waals surface area contributed by atoms with E-state index >= 15 is 0 Å². The average Bonchev–Trinajstić information content (AvgIpc) is 1.67. The third-order valence-electron chi connectivity index (χ3n) is 16.8. The number of amides is 1. The van der Waals surface area contributed by atoms with Crippen LogP contribution < -0.4 is 44.0 Å². The van der Waals surface area contributed by atoms with Gasteiger partial charge < -0.3 is 95.6 Å². The molecule has 6 heterocycles. The fourth-order valence-corrected chi connectivity index (χ4v) is 14.0. The highest BCUT2D eigenvalue weighted by Crippen LogP contribution is 2.38. The lowest BCUT2D eigenvalue weighted by Crippen LogP contribution is -2.25. The van der Waals surface area contributed by atoms with E-state index in [2.05, 4.69) is 10.6 Å². The molecule has 5 aliphatic rings. The molecule has 15 rings (SSSR count). The van der Waals surface area contributed by atoms with Gasteiger partial charge in [-0.15, -0.1) is 11.3 Å². The molecule has 0 bridgehead atoms. The molecule has 0 fully saturated rings. The number of para-hydroxylation sites is 2. The standard InChI is InChI=1S/C18H15ClN2O4.C18H14ClNO5.C17H13ClN2O3S.C17H12ClNO5.C15H12ClNO5S2/c19-13-8-6-12(7-9-13)15-14(22)16(17(20)24-15)25-18(23)21-10-11-4-2-1-3-5-11;19-13-8-6-12(7-9-13)15-14(21)16(17(20)24-15)25-18(22)23-10-11-4-2-1-3-5-11;18-11-8-6-10(7-9-11)14-13(21)15(16(19)22-14)23-17(24)20-12-4-2-1-3-5-12;18-11-8-6-10(7-9-11)14-13(20)15(16(19)23-14)24-17(21)22-12-4-2-1-3-5-12;16-10-5-3-9(4-6-10)13-12(18)14(15(17)21-13)22-24(19,20)8-11-2-1-7-23-11/h1-9,15H,10,20H2,(H,21,23);1-9,15H,10,20H2;1-9,14H,19H2,(H,20,24);1-9,14H,19H2;1-7,13H,8,17H2. The van der Waals surface area contributed by atoms with Gasteiger partial charge in [0, 0.05) is 70.0 Å². The molecule has 9 aromatic carbocycles. The van der Waals surface area contributed by atoms with Crippen molar-refractivity contribution in [1.29, 1.82) is 0 Å². The number of ether oxygens (including phenoxy) is 11. The monoisotopic (exact) mass is 1810 g/mol. The van der Waals surface area contributed by atoms with Gasteiger partial charge in [0.25, 0.3) is 5.17 Å². The number of rotatable bonds is 19. The Balaban J connectivity index is 0.000000149. The second-order valence-electron chi connectivity index (χ2n) is 25.4. The van der Waals surface area contributed by atoms with E-state index in [0.29, 0.717) is 57.8 Å². The summed E-state index contributed by atoms with van der Waals surface area (Å²) < 4.78 is 85.9. The number of thiocarbonyl (C=S) groups is 1. The minimum absolute atomic E-state index is 0.00727. The molecule has 0 saturated carbocycles. The number of anilines is 1. The van der Waals surface area contributed by atoms with Gasteiger partial charge in [0.15, 0.2) is 30.5 Å². The molecule has 5 aliphatic heterocycles. The summed E-state index contributed by atoms with van der Waals surface area (Å²) in [6, 6.07) is 71.9. The molecular weight excluding hydrogens is 1740 g/mol. The summed E-state index contributed by atoms with van der Waals surface area (Å²) in [5.41, 5.74) is 33.6. The number of Topliss-reactive ketones (excluding diaryl/α,β-unsaturated/α-hetero) is 5. The zero-order chi connectivity index (χ0) is 87.2. The lowest BCUT2D eigenvalue weighted by atomic mass is 10.1. The van der Waals surface area contributed by atoms with Gasteiger partial charge in [-0.1, -0.05) is 222 Å². The smallest absolute Gasteiger partial charge is 0.460 e. The Labute approximate surface area is 729 Å². The average molecular weight is 1810 g/mol. The first-order chi connectivity index (χ1) is 58.5. The SMILES string of the molecule is NC1=C(OC(=O)NCc2ccccc2)C(=O)C(c2ccc(Cl)cc2)O1.NC1=C(OC(=O)OCc2ccccc2)C(=O)C(c2ccc(Cl)cc2)O1.NC1=C(OC(=O)Oc2ccccc2)C(=O)C(c2ccc(Cl)cc2)O1.NC1=C(OC(=S)Nc2ccccc2)C(=O)C(c2ccc(Cl)cc2)O1.NC1=C(OS(=O)(=O)Cc2cccs2)C(=O)C(c2ccc(Cl)cc2)O1. The van der Waals surface area contributed by atoms with Gasteiger partial charge in [0.1, 0.15) is 18.1 Å². The van der Waals surface area contributed by atoms with Crippen LogP contribution >= 0.6 is 81.6 Å². The summed E-state index contributed by atoms with van der Waals surface area (Å²) in [5.74, 6) is -5.61. The maximum atomic E-state index is 12.5. The minimum atomic E-state index is -4.02. The molecule has 12 N–H and O–H groups in total. The van der Waals surface area contributed by atoms with Crippen molar-refractivity contribution in [3.8, 4) is 5.75 Å². The fraction of sp³-hybridized carbons (Fsp3) is 0.0941. The lowest BCUT2D eigenvalue weighted by molar-refractivity contribution is -0.124. The number of carbonyl (C=O) groups is 8. The summed E-state index contributed by atoms with van der Waals surface area (Å²) in [5, 5.41) is 9.82. The van der Waals surface area contributed by atoms with Crippen LogP contribution in [0.2, 0.25) is 25.1 Å². The van der Waals surface area contributed by atoms with Crippen molar-refractivity contribution in [3.05, 3.63) is 387 Å². The number of benzene rings is 9. The Hall–Kier alpha value is -13.6. The molecule has 626 valence electrons. The van der Waals surface area contributed by atoms with Crippen molar-refractivity contribution in [3.63, 3.8) is 0 Å². The van der Waals surface area contributed by atoms with Crippen LogP contribution in [-0.4, -0.2) is 60.9 Å². The van der Waals surface area contributed by atoms with Gasteiger partial charge in [0.05, 0.1) is 0 Å². The second kappa shape index (κ2) is 41.9. The van der Waals surface area contributed by atoms with E-state index in [1.54, 1.807) is 181 Å². The molecule has 122 heavy (non-hydrogen) atoms. The van der Waals surface area contributed by atoms with Crippen molar-refractivity contribution >= 4 is 150 Å². The molecule has 0 aliphatic carbocycles.